The maximum atomic E-state index is 11.3. The Hall–Kier alpha value is -2.62. The van der Waals surface area contributed by atoms with Crippen LogP contribution >= 0.6 is 0 Å². The van der Waals surface area contributed by atoms with E-state index >= 15 is 0 Å². The first kappa shape index (κ1) is 13.8. The molecule has 1 aromatic heterocycles. The number of esters is 1. The molecule has 0 aliphatic heterocycles. The van der Waals surface area contributed by atoms with Gasteiger partial charge in [-0.1, -0.05) is 18.2 Å². The molecule has 4 heteroatoms. The average Bonchev–Trinajstić information content (AvgIpc) is 2.46. The Bertz CT molecular complexity index is 645. The number of benzene rings is 1. The Morgan fingerprint density at radius 1 is 1.20 bits per heavy atom. The number of pyridine rings is 1. The number of aromatic hydroxyl groups is 1. The van der Waals surface area contributed by atoms with E-state index in [1.165, 1.54) is 13.2 Å². The molecule has 20 heavy (non-hydrogen) atoms. The zero-order valence-electron chi connectivity index (χ0n) is 11.4. The summed E-state index contributed by atoms with van der Waals surface area (Å²) in [6.07, 6.45) is 7.58. The summed E-state index contributed by atoms with van der Waals surface area (Å²) in [5, 5.41) is 9.89. The number of phenolic OH excluding ortho intramolecular Hbond substituents is 1. The number of carbonyl (C=O) groups excluding carboxylic acids is 1. The van der Waals surface area contributed by atoms with Crippen molar-refractivity contribution in [2.24, 2.45) is 7.05 Å². The highest BCUT2D eigenvalue weighted by Crippen LogP contribution is 2.21. The number of hydrogen-bond donors (Lipinski definition) is 1. The molecule has 102 valence electrons. The van der Waals surface area contributed by atoms with Crippen LogP contribution < -0.4 is 4.57 Å². The molecule has 1 N–H and O–H groups in total. The molecule has 0 atom stereocenters. The zero-order valence-corrected chi connectivity index (χ0v) is 11.4. The molecule has 0 amide bonds. The van der Waals surface area contributed by atoms with Gasteiger partial charge in [-0.25, -0.2) is 9.36 Å². The second kappa shape index (κ2) is 6.02. The summed E-state index contributed by atoms with van der Waals surface area (Å²) >= 11 is 0. The van der Waals surface area contributed by atoms with Crippen molar-refractivity contribution >= 4 is 18.1 Å². The minimum Gasteiger partial charge on any atom is -0.507 e. The summed E-state index contributed by atoms with van der Waals surface area (Å²) < 4.78 is 6.55. The number of methoxy groups -OCH3 is 1. The molecule has 0 radical (unpaired) electrons. The number of phenols is 1. The molecule has 0 aliphatic carbocycles. The van der Waals surface area contributed by atoms with Crippen LogP contribution in [0.2, 0.25) is 0 Å². The number of rotatable bonds is 3. The maximum Gasteiger partial charge on any atom is 0.337 e. The van der Waals surface area contributed by atoms with Crippen molar-refractivity contribution in [3.05, 3.63) is 59.4 Å². The molecule has 2 rings (SSSR count). The smallest absolute Gasteiger partial charge is 0.337 e. The fraction of sp³-hybridized carbons (Fsp3) is 0.125. The van der Waals surface area contributed by atoms with Crippen molar-refractivity contribution in [2.75, 3.05) is 7.11 Å². The molecule has 0 bridgehead atoms. The second-order valence-corrected chi connectivity index (χ2v) is 4.40. The van der Waals surface area contributed by atoms with Gasteiger partial charge in [0.15, 0.2) is 12.4 Å². The van der Waals surface area contributed by atoms with E-state index in [0.29, 0.717) is 11.1 Å². The van der Waals surface area contributed by atoms with Gasteiger partial charge in [-0.2, -0.15) is 0 Å². The third-order valence-electron chi connectivity index (χ3n) is 2.91. The quantitative estimate of drug-likeness (QED) is 0.687. The Morgan fingerprint density at radius 3 is 2.50 bits per heavy atom. The Balaban J connectivity index is 2.21. The predicted molar refractivity (Wildman–Crippen MR) is 76.0 cm³/mol. The van der Waals surface area contributed by atoms with Crippen LogP contribution in [0, 0.1) is 0 Å². The lowest BCUT2D eigenvalue weighted by Crippen LogP contribution is -2.25. The van der Waals surface area contributed by atoms with Crippen molar-refractivity contribution < 1.29 is 19.2 Å². The van der Waals surface area contributed by atoms with Crippen molar-refractivity contribution in [1.29, 1.82) is 0 Å². The largest absolute Gasteiger partial charge is 0.507 e. The van der Waals surface area contributed by atoms with Gasteiger partial charge in [0.1, 0.15) is 12.8 Å². The van der Waals surface area contributed by atoms with Gasteiger partial charge in [0.2, 0.25) is 0 Å². The Kier molecular flexibility index (Phi) is 4.15. The maximum absolute atomic E-state index is 11.3. The molecule has 0 spiro atoms. The van der Waals surface area contributed by atoms with E-state index in [1.54, 1.807) is 18.2 Å². The number of ether oxygens (including phenoxy) is 1. The highest BCUT2D eigenvalue weighted by Gasteiger charge is 2.07. The van der Waals surface area contributed by atoms with Crippen LogP contribution in [0.4, 0.5) is 0 Å². The highest BCUT2D eigenvalue weighted by molar-refractivity contribution is 5.90. The van der Waals surface area contributed by atoms with Crippen molar-refractivity contribution in [3.8, 4) is 5.75 Å². The van der Waals surface area contributed by atoms with Crippen molar-refractivity contribution in [2.45, 2.75) is 0 Å². The van der Waals surface area contributed by atoms with E-state index in [1.807, 2.05) is 42.2 Å². The zero-order chi connectivity index (χ0) is 14.5. The van der Waals surface area contributed by atoms with E-state index in [2.05, 4.69) is 4.74 Å². The number of carbonyl (C=O) groups is 1. The fourth-order valence-electron chi connectivity index (χ4n) is 1.74. The minimum absolute atomic E-state index is 0.0469. The Morgan fingerprint density at radius 2 is 1.90 bits per heavy atom. The van der Waals surface area contributed by atoms with Crippen LogP contribution in [0.5, 0.6) is 5.75 Å². The van der Waals surface area contributed by atoms with Gasteiger partial charge in [-0.3, -0.25) is 0 Å². The molecule has 0 aliphatic rings. The van der Waals surface area contributed by atoms with E-state index < -0.39 is 5.97 Å². The van der Waals surface area contributed by atoms with Crippen LogP contribution in [0.15, 0.2) is 42.7 Å². The molecule has 0 unspecified atom stereocenters. The third-order valence-corrected chi connectivity index (χ3v) is 2.91. The van der Waals surface area contributed by atoms with Crippen molar-refractivity contribution in [1.82, 2.24) is 0 Å². The van der Waals surface area contributed by atoms with E-state index in [-0.39, 0.29) is 5.75 Å². The number of aromatic nitrogens is 1. The van der Waals surface area contributed by atoms with E-state index in [4.69, 9.17) is 0 Å². The summed E-state index contributed by atoms with van der Waals surface area (Å²) in [4.78, 5) is 11.3. The molecular formula is C16H16NO3+. The number of aryl methyl sites for hydroxylation is 1. The lowest BCUT2D eigenvalue weighted by Gasteiger charge is -2.02. The summed E-state index contributed by atoms with van der Waals surface area (Å²) in [7, 11) is 3.26. The molecule has 0 saturated heterocycles. The topological polar surface area (TPSA) is 50.4 Å². The van der Waals surface area contributed by atoms with Crippen LogP contribution in [-0.2, 0) is 11.8 Å². The van der Waals surface area contributed by atoms with E-state index in [9.17, 15) is 9.90 Å². The normalized spacial score (nSPS) is 10.7. The van der Waals surface area contributed by atoms with E-state index in [0.717, 1.165) is 5.56 Å². The third kappa shape index (κ3) is 3.23. The predicted octanol–water partition coefficient (Wildman–Crippen LogP) is 2.17. The molecule has 4 nitrogen and oxygen atoms in total. The molecule has 1 heterocycles. The van der Waals surface area contributed by atoms with Crippen LogP contribution in [0.3, 0.4) is 0 Å². The van der Waals surface area contributed by atoms with Gasteiger partial charge < -0.3 is 9.84 Å². The van der Waals surface area contributed by atoms with Crippen LogP contribution in [-0.4, -0.2) is 18.2 Å². The number of nitrogens with zero attached hydrogens (tertiary/aromatic N) is 1. The molecular weight excluding hydrogens is 254 g/mol. The van der Waals surface area contributed by atoms with Gasteiger partial charge in [-0.05, 0) is 17.7 Å². The second-order valence-electron chi connectivity index (χ2n) is 4.40. The molecule has 1 aromatic carbocycles. The van der Waals surface area contributed by atoms with Gasteiger partial charge >= 0.3 is 5.97 Å². The SMILES string of the molecule is COC(=O)c1ccc(C=Cc2cc[n+](C)cc2)c(O)c1. The van der Waals surface area contributed by atoms with Gasteiger partial charge in [0.25, 0.3) is 0 Å². The summed E-state index contributed by atoms with van der Waals surface area (Å²) in [5.41, 5.74) is 2.00. The number of hydrogen-bond acceptors (Lipinski definition) is 3. The first-order chi connectivity index (χ1) is 9.60. The van der Waals surface area contributed by atoms with Gasteiger partial charge in [0.05, 0.1) is 12.7 Å². The lowest BCUT2D eigenvalue weighted by molar-refractivity contribution is -0.671. The monoisotopic (exact) mass is 270 g/mol. The van der Waals surface area contributed by atoms with Crippen LogP contribution in [0.25, 0.3) is 12.2 Å². The minimum atomic E-state index is -0.466. The molecule has 0 saturated carbocycles. The fourth-order valence-corrected chi connectivity index (χ4v) is 1.74. The summed E-state index contributed by atoms with van der Waals surface area (Å²) in [6.45, 7) is 0. The van der Waals surface area contributed by atoms with Gasteiger partial charge in [0, 0.05) is 17.7 Å². The molecule has 2 aromatic rings. The Labute approximate surface area is 117 Å². The lowest BCUT2D eigenvalue weighted by atomic mass is 10.1. The van der Waals surface area contributed by atoms with Gasteiger partial charge in [-0.15, -0.1) is 0 Å². The average molecular weight is 270 g/mol. The summed E-state index contributed by atoms with van der Waals surface area (Å²) in [6, 6.07) is 8.64. The first-order valence-corrected chi connectivity index (χ1v) is 6.15. The van der Waals surface area contributed by atoms with Crippen LogP contribution in [0.1, 0.15) is 21.5 Å². The molecule has 0 fully saturated rings. The first-order valence-electron chi connectivity index (χ1n) is 6.15. The standard InChI is InChI=1S/C16H15NO3/c1-17-9-7-12(8-10-17)3-4-13-5-6-14(11-15(13)18)16(19)20-2/h3-11H,1-2H3/p+1. The van der Waals surface area contributed by atoms with Crippen molar-refractivity contribution in [3.63, 3.8) is 0 Å². The highest BCUT2D eigenvalue weighted by atomic mass is 16.5. The summed E-state index contributed by atoms with van der Waals surface area (Å²) in [5.74, 6) is -0.419.